The van der Waals surface area contributed by atoms with E-state index in [0.717, 1.165) is 18.4 Å². The lowest BCUT2D eigenvalue weighted by Crippen LogP contribution is -2.40. The van der Waals surface area contributed by atoms with Gasteiger partial charge in [0.25, 0.3) is 0 Å². The van der Waals surface area contributed by atoms with Gasteiger partial charge in [0.1, 0.15) is 11.6 Å². The summed E-state index contributed by atoms with van der Waals surface area (Å²) < 4.78 is 18.7. The number of ether oxygens (including phenoxy) is 1. The third-order valence-electron chi connectivity index (χ3n) is 4.48. The molecule has 1 fully saturated rings. The first kappa shape index (κ1) is 16.4. The van der Waals surface area contributed by atoms with Crippen molar-refractivity contribution in [1.29, 1.82) is 0 Å². The molecule has 6 heteroatoms. The van der Waals surface area contributed by atoms with Crippen LogP contribution in [0.3, 0.4) is 0 Å². The summed E-state index contributed by atoms with van der Waals surface area (Å²) in [6.07, 6.45) is 1.62. The van der Waals surface area contributed by atoms with E-state index in [2.05, 4.69) is 10.3 Å². The Labute approximate surface area is 139 Å². The minimum atomic E-state index is -1.06. The van der Waals surface area contributed by atoms with Gasteiger partial charge in [0.2, 0.25) is 0 Å². The number of anilines is 1. The minimum absolute atomic E-state index is 0.00260. The van der Waals surface area contributed by atoms with Gasteiger partial charge in [-0.25, -0.2) is 14.2 Å². The number of benzene rings is 1. The summed E-state index contributed by atoms with van der Waals surface area (Å²) in [5, 5.41) is 12.3. The monoisotopic (exact) mass is 330 g/mol. The maximum atomic E-state index is 13.2. The number of aromatic nitrogens is 1. The Morgan fingerprint density at radius 3 is 2.58 bits per heavy atom. The van der Waals surface area contributed by atoms with Crippen molar-refractivity contribution in [3.8, 4) is 0 Å². The largest absolute Gasteiger partial charge is 0.477 e. The van der Waals surface area contributed by atoms with Crippen LogP contribution in [0.25, 0.3) is 0 Å². The first-order valence-electron chi connectivity index (χ1n) is 7.87. The topological polar surface area (TPSA) is 71.5 Å². The van der Waals surface area contributed by atoms with Gasteiger partial charge in [0.05, 0.1) is 0 Å². The Bertz CT molecular complexity index is 712. The molecule has 3 rings (SSSR count). The van der Waals surface area contributed by atoms with E-state index >= 15 is 0 Å². The molecule has 0 radical (unpaired) electrons. The van der Waals surface area contributed by atoms with E-state index in [1.165, 1.54) is 18.2 Å². The summed E-state index contributed by atoms with van der Waals surface area (Å²) in [6.45, 7) is 1.86. The Morgan fingerprint density at radius 1 is 1.21 bits per heavy atom. The number of hydrogen-bond donors (Lipinski definition) is 2. The number of nitrogens with one attached hydrogen (secondary N) is 1. The van der Waals surface area contributed by atoms with E-state index in [9.17, 15) is 9.18 Å². The third-order valence-corrected chi connectivity index (χ3v) is 4.48. The molecular formula is C18H19FN2O3. The van der Waals surface area contributed by atoms with Gasteiger partial charge < -0.3 is 15.2 Å². The highest BCUT2D eigenvalue weighted by molar-refractivity contribution is 5.85. The van der Waals surface area contributed by atoms with Crippen LogP contribution < -0.4 is 5.32 Å². The van der Waals surface area contributed by atoms with Crippen molar-refractivity contribution < 1.29 is 19.0 Å². The number of pyridine rings is 1. The summed E-state index contributed by atoms with van der Waals surface area (Å²) in [4.78, 5) is 15.1. The lowest BCUT2D eigenvalue weighted by atomic mass is 9.74. The molecule has 1 saturated heterocycles. The average molecular weight is 330 g/mol. The van der Waals surface area contributed by atoms with Crippen LogP contribution in [0.4, 0.5) is 10.2 Å². The maximum absolute atomic E-state index is 13.2. The SMILES string of the molecule is O=C(O)c1cccc(NCC2(c3ccc(F)cc3)CCOCC2)n1. The Kier molecular flexibility index (Phi) is 4.76. The lowest BCUT2D eigenvalue weighted by Gasteiger charge is -2.38. The molecular weight excluding hydrogens is 311 g/mol. The van der Waals surface area contributed by atoms with Crippen molar-refractivity contribution in [2.75, 3.05) is 25.1 Å². The maximum Gasteiger partial charge on any atom is 0.354 e. The summed E-state index contributed by atoms with van der Waals surface area (Å²) in [5.74, 6) is -0.800. The smallest absolute Gasteiger partial charge is 0.354 e. The molecule has 2 heterocycles. The van der Waals surface area contributed by atoms with Crippen molar-refractivity contribution in [1.82, 2.24) is 4.98 Å². The van der Waals surface area contributed by atoms with Gasteiger partial charge >= 0.3 is 5.97 Å². The highest BCUT2D eigenvalue weighted by Crippen LogP contribution is 2.35. The second-order valence-corrected chi connectivity index (χ2v) is 5.97. The molecule has 1 aliphatic rings. The number of carbonyl (C=O) groups is 1. The third kappa shape index (κ3) is 3.54. The zero-order valence-corrected chi connectivity index (χ0v) is 13.2. The van der Waals surface area contributed by atoms with Gasteiger partial charge in [-0.05, 0) is 42.7 Å². The molecule has 126 valence electrons. The molecule has 1 aromatic heterocycles. The normalized spacial score (nSPS) is 16.5. The lowest BCUT2D eigenvalue weighted by molar-refractivity contribution is 0.0543. The quantitative estimate of drug-likeness (QED) is 0.881. The number of nitrogens with zero attached hydrogens (tertiary/aromatic N) is 1. The van der Waals surface area contributed by atoms with Gasteiger partial charge in [-0.2, -0.15) is 0 Å². The summed E-state index contributed by atoms with van der Waals surface area (Å²) in [6, 6.07) is 11.4. The predicted octanol–water partition coefficient (Wildman–Crippen LogP) is 3.08. The molecule has 2 N–H and O–H groups in total. The second kappa shape index (κ2) is 6.97. The van der Waals surface area contributed by atoms with E-state index in [1.807, 2.05) is 12.1 Å². The number of carboxylic acids is 1. The first-order valence-corrected chi connectivity index (χ1v) is 7.87. The van der Waals surface area contributed by atoms with Crippen molar-refractivity contribution in [3.05, 3.63) is 59.5 Å². The number of hydrogen-bond acceptors (Lipinski definition) is 4. The highest BCUT2D eigenvalue weighted by atomic mass is 19.1. The van der Waals surface area contributed by atoms with E-state index < -0.39 is 5.97 Å². The number of rotatable bonds is 5. The molecule has 1 aliphatic heterocycles. The fraction of sp³-hybridized carbons (Fsp3) is 0.333. The van der Waals surface area contributed by atoms with Crippen LogP contribution in [0.5, 0.6) is 0 Å². The number of carboxylic acid groups (broad SMARTS) is 1. The molecule has 0 atom stereocenters. The van der Waals surface area contributed by atoms with Crippen LogP contribution in [0, 0.1) is 5.82 Å². The fourth-order valence-electron chi connectivity index (χ4n) is 3.05. The average Bonchev–Trinajstić information content (AvgIpc) is 2.61. The van der Waals surface area contributed by atoms with Crippen LogP contribution in [-0.2, 0) is 10.2 Å². The van der Waals surface area contributed by atoms with E-state index in [4.69, 9.17) is 9.84 Å². The molecule has 0 aliphatic carbocycles. The van der Waals surface area contributed by atoms with Crippen molar-refractivity contribution in [3.63, 3.8) is 0 Å². The molecule has 0 saturated carbocycles. The van der Waals surface area contributed by atoms with Crippen molar-refractivity contribution in [2.45, 2.75) is 18.3 Å². The van der Waals surface area contributed by atoms with Crippen LogP contribution in [0.15, 0.2) is 42.5 Å². The molecule has 0 spiro atoms. The van der Waals surface area contributed by atoms with Crippen LogP contribution in [0.1, 0.15) is 28.9 Å². The van der Waals surface area contributed by atoms with Gasteiger partial charge in [0.15, 0.2) is 5.69 Å². The summed E-state index contributed by atoms with van der Waals surface area (Å²) in [5.41, 5.74) is 0.865. The predicted molar refractivity (Wildman–Crippen MR) is 87.8 cm³/mol. The molecule has 0 amide bonds. The fourth-order valence-corrected chi connectivity index (χ4v) is 3.05. The standard InChI is InChI=1S/C18H19FN2O3/c19-14-6-4-13(5-7-14)18(8-10-24-11-9-18)12-20-16-3-1-2-15(21-16)17(22)23/h1-7H,8-12H2,(H,20,21)(H,22,23). The van der Waals surface area contributed by atoms with Crippen LogP contribution >= 0.6 is 0 Å². The minimum Gasteiger partial charge on any atom is -0.477 e. The first-order chi connectivity index (χ1) is 11.6. The van der Waals surface area contributed by atoms with Crippen LogP contribution in [0.2, 0.25) is 0 Å². The van der Waals surface area contributed by atoms with Crippen molar-refractivity contribution in [2.24, 2.45) is 0 Å². The highest BCUT2D eigenvalue weighted by Gasteiger charge is 2.34. The molecule has 1 aromatic carbocycles. The van der Waals surface area contributed by atoms with Crippen molar-refractivity contribution >= 4 is 11.8 Å². The number of halogens is 1. The summed E-state index contributed by atoms with van der Waals surface area (Å²) >= 11 is 0. The van der Waals surface area contributed by atoms with E-state index in [-0.39, 0.29) is 16.9 Å². The Balaban J connectivity index is 1.81. The van der Waals surface area contributed by atoms with Gasteiger partial charge in [-0.15, -0.1) is 0 Å². The Morgan fingerprint density at radius 2 is 1.92 bits per heavy atom. The zero-order chi connectivity index (χ0) is 17.0. The Hall–Kier alpha value is -2.47. The summed E-state index contributed by atoms with van der Waals surface area (Å²) in [7, 11) is 0. The number of aromatic carboxylic acids is 1. The molecule has 0 unspecified atom stereocenters. The molecule has 5 nitrogen and oxygen atoms in total. The van der Waals surface area contributed by atoms with E-state index in [1.54, 1.807) is 12.1 Å². The molecule has 0 bridgehead atoms. The van der Waals surface area contributed by atoms with Crippen LogP contribution in [-0.4, -0.2) is 35.8 Å². The molecule has 24 heavy (non-hydrogen) atoms. The zero-order valence-electron chi connectivity index (χ0n) is 13.2. The van der Waals surface area contributed by atoms with E-state index in [0.29, 0.717) is 25.6 Å². The second-order valence-electron chi connectivity index (χ2n) is 5.97. The molecule has 2 aromatic rings. The van der Waals surface area contributed by atoms with Gasteiger partial charge in [0, 0.05) is 25.2 Å². The van der Waals surface area contributed by atoms with Gasteiger partial charge in [-0.3, -0.25) is 0 Å². The van der Waals surface area contributed by atoms with Gasteiger partial charge in [-0.1, -0.05) is 18.2 Å².